The van der Waals surface area contributed by atoms with Gasteiger partial charge in [-0.05, 0) is 31.4 Å². The summed E-state index contributed by atoms with van der Waals surface area (Å²) in [5, 5.41) is 16.3. The van der Waals surface area contributed by atoms with E-state index < -0.39 is 0 Å². The van der Waals surface area contributed by atoms with Crippen LogP contribution in [0, 0.1) is 0 Å². The fourth-order valence-corrected chi connectivity index (χ4v) is 2.50. The number of aliphatic hydroxyl groups is 1. The van der Waals surface area contributed by atoms with E-state index in [-0.39, 0.29) is 12.1 Å². The summed E-state index contributed by atoms with van der Waals surface area (Å²) in [6.45, 7) is 3.25. The van der Waals surface area contributed by atoms with Crippen molar-refractivity contribution < 1.29 is 5.11 Å². The highest BCUT2D eigenvalue weighted by atomic mass is 16.3. The number of aromatic nitrogens is 1. The van der Waals surface area contributed by atoms with Crippen LogP contribution in [0.25, 0.3) is 0 Å². The van der Waals surface area contributed by atoms with Crippen molar-refractivity contribution in [2.75, 3.05) is 23.8 Å². The molecule has 4 nitrogen and oxygen atoms in total. The predicted molar refractivity (Wildman–Crippen MR) is 74.9 cm³/mol. The first-order chi connectivity index (χ1) is 8.78. The molecule has 0 aliphatic heterocycles. The molecule has 2 rings (SSSR count). The first kappa shape index (κ1) is 13.1. The molecule has 1 aliphatic carbocycles. The Kier molecular flexibility index (Phi) is 4.42. The molecule has 0 unspecified atom stereocenters. The standard InChI is InChI=1S/C14H23N3O/c1-2-10-15-12-6-5-7-13(16-12)17-14(11-18)8-3-4-9-14/h5-7,18H,2-4,8-11H2,1H3,(H2,15,16,17). The highest BCUT2D eigenvalue weighted by Crippen LogP contribution is 2.32. The van der Waals surface area contributed by atoms with Gasteiger partial charge in [-0.25, -0.2) is 4.98 Å². The minimum Gasteiger partial charge on any atom is -0.394 e. The zero-order chi connectivity index (χ0) is 12.8. The molecule has 3 N–H and O–H groups in total. The van der Waals surface area contributed by atoms with Gasteiger partial charge in [0.25, 0.3) is 0 Å². The van der Waals surface area contributed by atoms with E-state index in [9.17, 15) is 5.11 Å². The Hall–Kier alpha value is -1.29. The minimum absolute atomic E-state index is 0.156. The maximum absolute atomic E-state index is 9.58. The van der Waals surface area contributed by atoms with Gasteiger partial charge in [0.15, 0.2) is 0 Å². The quantitative estimate of drug-likeness (QED) is 0.725. The van der Waals surface area contributed by atoms with E-state index in [1.807, 2.05) is 18.2 Å². The van der Waals surface area contributed by atoms with Crippen LogP contribution in [-0.4, -0.2) is 28.8 Å². The average Bonchev–Trinajstić information content (AvgIpc) is 2.86. The zero-order valence-electron chi connectivity index (χ0n) is 11.1. The van der Waals surface area contributed by atoms with Crippen molar-refractivity contribution >= 4 is 11.6 Å². The van der Waals surface area contributed by atoms with Crippen molar-refractivity contribution in [1.29, 1.82) is 0 Å². The smallest absolute Gasteiger partial charge is 0.128 e. The molecule has 1 heterocycles. The largest absolute Gasteiger partial charge is 0.394 e. The van der Waals surface area contributed by atoms with Gasteiger partial charge < -0.3 is 15.7 Å². The van der Waals surface area contributed by atoms with Crippen molar-refractivity contribution in [2.45, 2.75) is 44.6 Å². The molecule has 0 amide bonds. The topological polar surface area (TPSA) is 57.2 Å². The van der Waals surface area contributed by atoms with E-state index in [4.69, 9.17) is 0 Å². The lowest BCUT2D eigenvalue weighted by Gasteiger charge is -2.28. The second kappa shape index (κ2) is 6.05. The van der Waals surface area contributed by atoms with Gasteiger partial charge in [0.2, 0.25) is 0 Å². The second-order valence-corrected chi connectivity index (χ2v) is 5.11. The monoisotopic (exact) mass is 249 g/mol. The van der Waals surface area contributed by atoms with E-state index >= 15 is 0 Å². The van der Waals surface area contributed by atoms with Crippen LogP contribution in [0.4, 0.5) is 11.6 Å². The fraction of sp³-hybridized carbons (Fsp3) is 0.643. The minimum atomic E-state index is -0.156. The number of nitrogens with zero attached hydrogens (tertiary/aromatic N) is 1. The first-order valence-electron chi connectivity index (χ1n) is 6.88. The Morgan fingerprint density at radius 3 is 2.67 bits per heavy atom. The predicted octanol–water partition coefficient (Wildman–Crippen LogP) is 2.62. The lowest BCUT2D eigenvalue weighted by atomic mass is 9.99. The van der Waals surface area contributed by atoms with Crippen molar-refractivity contribution in [3.05, 3.63) is 18.2 Å². The number of hydrogen-bond donors (Lipinski definition) is 3. The summed E-state index contributed by atoms with van der Waals surface area (Å²) < 4.78 is 0. The third kappa shape index (κ3) is 3.13. The molecule has 0 saturated heterocycles. The highest BCUT2D eigenvalue weighted by molar-refractivity contribution is 5.46. The van der Waals surface area contributed by atoms with Crippen molar-refractivity contribution in [1.82, 2.24) is 4.98 Å². The number of nitrogens with one attached hydrogen (secondary N) is 2. The summed E-state index contributed by atoms with van der Waals surface area (Å²) in [6, 6.07) is 5.93. The molecule has 1 saturated carbocycles. The van der Waals surface area contributed by atoms with E-state index in [0.717, 1.165) is 37.4 Å². The third-order valence-corrected chi connectivity index (χ3v) is 3.56. The summed E-state index contributed by atoms with van der Waals surface area (Å²) in [4.78, 5) is 4.53. The van der Waals surface area contributed by atoms with Crippen LogP contribution in [0.3, 0.4) is 0 Å². The Morgan fingerprint density at radius 2 is 2.00 bits per heavy atom. The number of aliphatic hydroxyl groups excluding tert-OH is 1. The van der Waals surface area contributed by atoms with Gasteiger partial charge in [0.05, 0.1) is 12.1 Å². The van der Waals surface area contributed by atoms with Gasteiger partial charge in [-0.15, -0.1) is 0 Å². The number of hydrogen-bond acceptors (Lipinski definition) is 4. The number of rotatable bonds is 6. The number of pyridine rings is 1. The normalized spacial score (nSPS) is 17.7. The van der Waals surface area contributed by atoms with Crippen LogP contribution in [0.1, 0.15) is 39.0 Å². The van der Waals surface area contributed by atoms with E-state index in [1.54, 1.807) is 0 Å². The Labute approximate surface area is 109 Å². The molecule has 1 fully saturated rings. The summed E-state index contributed by atoms with van der Waals surface area (Å²) in [7, 11) is 0. The van der Waals surface area contributed by atoms with Gasteiger partial charge in [-0.3, -0.25) is 0 Å². The highest BCUT2D eigenvalue weighted by Gasteiger charge is 2.33. The molecular formula is C14H23N3O. The lowest BCUT2D eigenvalue weighted by molar-refractivity contribution is 0.214. The summed E-state index contributed by atoms with van der Waals surface area (Å²) in [5.41, 5.74) is -0.156. The van der Waals surface area contributed by atoms with Crippen LogP contribution < -0.4 is 10.6 Å². The average molecular weight is 249 g/mol. The molecule has 1 aromatic heterocycles. The van der Waals surface area contributed by atoms with Gasteiger partial charge in [0, 0.05) is 6.54 Å². The zero-order valence-corrected chi connectivity index (χ0v) is 11.1. The summed E-state index contributed by atoms with van der Waals surface area (Å²) in [5.74, 6) is 1.75. The molecule has 1 aromatic rings. The van der Waals surface area contributed by atoms with Crippen LogP contribution in [-0.2, 0) is 0 Å². The summed E-state index contributed by atoms with van der Waals surface area (Å²) in [6.07, 6.45) is 5.50. The van der Waals surface area contributed by atoms with E-state index in [1.165, 1.54) is 12.8 Å². The van der Waals surface area contributed by atoms with Gasteiger partial charge in [0.1, 0.15) is 11.6 Å². The Morgan fingerprint density at radius 1 is 1.28 bits per heavy atom. The molecule has 1 aliphatic rings. The molecule has 0 spiro atoms. The van der Waals surface area contributed by atoms with Crippen LogP contribution in [0.15, 0.2) is 18.2 Å². The summed E-state index contributed by atoms with van der Waals surface area (Å²) >= 11 is 0. The molecule has 4 heteroatoms. The maximum Gasteiger partial charge on any atom is 0.128 e. The van der Waals surface area contributed by atoms with Crippen molar-refractivity contribution in [3.63, 3.8) is 0 Å². The van der Waals surface area contributed by atoms with Crippen molar-refractivity contribution in [2.24, 2.45) is 0 Å². The van der Waals surface area contributed by atoms with Gasteiger partial charge in [-0.1, -0.05) is 25.8 Å². The van der Waals surface area contributed by atoms with Crippen molar-refractivity contribution in [3.8, 4) is 0 Å². The molecular weight excluding hydrogens is 226 g/mol. The molecule has 100 valence electrons. The molecule has 0 bridgehead atoms. The first-order valence-corrected chi connectivity index (χ1v) is 6.88. The SMILES string of the molecule is CCCNc1cccc(NC2(CO)CCCC2)n1. The maximum atomic E-state index is 9.58. The fourth-order valence-electron chi connectivity index (χ4n) is 2.50. The van der Waals surface area contributed by atoms with Crippen LogP contribution in [0.5, 0.6) is 0 Å². The third-order valence-electron chi connectivity index (χ3n) is 3.56. The van der Waals surface area contributed by atoms with Gasteiger partial charge >= 0.3 is 0 Å². The van der Waals surface area contributed by atoms with Gasteiger partial charge in [-0.2, -0.15) is 0 Å². The van der Waals surface area contributed by atoms with E-state index in [2.05, 4.69) is 22.5 Å². The lowest BCUT2D eigenvalue weighted by Crippen LogP contribution is -2.39. The Balaban J connectivity index is 2.04. The second-order valence-electron chi connectivity index (χ2n) is 5.11. The molecule has 18 heavy (non-hydrogen) atoms. The molecule has 0 radical (unpaired) electrons. The van der Waals surface area contributed by atoms with Crippen LogP contribution in [0.2, 0.25) is 0 Å². The molecule has 0 aromatic carbocycles. The Bertz CT molecular complexity index is 375. The molecule has 0 atom stereocenters. The number of anilines is 2. The van der Waals surface area contributed by atoms with Crippen LogP contribution >= 0.6 is 0 Å². The van der Waals surface area contributed by atoms with E-state index in [0.29, 0.717) is 0 Å².